The van der Waals surface area contributed by atoms with Crippen LogP contribution in [0.5, 0.6) is 5.75 Å². The minimum atomic E-state index is -0.821. The Morgan fingerprint density at radius 3 is 2.44 bits per heavy atom. The standard InChI is InChI=1S/C25H28N2O5/c1-5-30-21-14-10-9-13-19(21)23(28)27-22(16(2)3)25(29)31-15-20-17(4)32-24(26-20)18-11-7-6-8-12-18/h6-14,16,22H,5,15H2,1-4H3,(H,27,28)/t22-/m0/s1. The molecule has 32 heavy (non-hydrogen) atoms. The lowest BCUT2D eigenvalue weighted by Gasteiger charge is -2.21. The second-order valence-electron chi connectivity index (χ2n) is 7.62. The average Bonchev–Trinajstić information content (AvgIpc) is 3.17. The molecular weight excluding hydrogens is 408 g/mol. The van der Waals surface area contributed by atoms with Crippen molar-refractivity contribution in [2.24, 2.45) is 5.92 Å². The molecule has 2 aromatic carbocycles. The molecule has 1 amide bonds. The normalized spacial score (nSPS) is 11.8. The van der Waals surface area contributed by atoms with Gasteiger partial charge in [0.05, 0.1) is 12.2 Å². The molecule has 1 heterocycles. The topological polar surface area (TPSA) is 90.7 Å². The summed E-state index contributed by atoms with van der Waals surface area (Å²) in [6.07, 6.45) is 0. The molecular formula is C25H28N2O5. The van der Waals surface area contributed by atoms with Gasteiger partial charge < -0.3 is 19.2 Å². The largest absolute Gasteiger partial charge is 0.493 e. The van der Waals surface area contributed by atoms with Gasteiger partial charge in [-0.05, 0) is 44.0 Å². The second-order valence-corrected chi connectivity index (χ2v) is 7.62. The maximum atomic E-state index is 12.8. The van der Waals surface area contributed by atoms with E-state index >= 15 is 0 Å². The molecule has 3 aromatic rings. The first-order valence-corrected chi connectivity index (χ1v) is 10.6. The van der Waals surface area contributed by atoms with Crippen molar-refractivity contribution >= 4 is 11.9 Å². The van der Waals surface area contributed by atoms with Gasteiger partial charge in [-0.2, -0.15) is 0 Å². The summed E-state index contributed by atoms with van der Waals surface area (Å²) in [5.74, 6) is 0.404. The number of hydrogen-bond acceptors (Lipinski definition) is 6. The second kappa shape index (κ2) is 10.6. The fourth-order valence-electron chi connectivity index (χ4n) is 3.15. The Kier molecular flexibility index (Phi) is 7.65. The third-order valence-electron chi connectivity index (χ3n) is 4.90. The zero-order chi connectivity index (χ0) is 23.1. The fraction of sp³-hybridized carbons (Fsp3) is 0.320. The van der Waals surface area contributed by atoms with Gasteiger partial charge >= 0.3 is 5.97 Å². The highest BCUT2D eigenvalue weighted by molar-refractivity contribution is 5.99. The highest BCUT2D eigenvalue weighted by Crippen LogP contribution is 2.22. The minimum Gasteiger partial charge on any atom is -0.493 e. The number of aromatic nitrogens is 1. The number of esters is 1. The number of carbonyl (C=O) groups is 2. The van der Waals surface area contributed by atoms with Crippen molar-refractivity contribution in [3.63, 3.8) is 0 Å². The summed E-state index contributed by atoms with van der Waals surface area (Å²) in [5.41, 5.74) is 1.74. The van der Waals surface area contributed by atoms with E-state index in [1.807, 2.05) is 51.1 Å². The number of aryl methyl sites for hydroxylation is 1. The van der Waals surface area contributed by atoms with E-state index in [1.54, 1.807) is 31.2 Å². The van der Waals surface area contributed by atoms with Gasteiger partial charge in [-0.25, -0.2) is 9.78 Å². The third-order valence-corrected chi connectivity index (χ3v) is 4.90. The summed E-state index contributed by atoms with van der Waals surface area (Å²) < 4.78 is 16.7. The number of nitrogens with one attached hydrogen (secondary N) is 1. The van der Waals surface area contributed by atoms with E-state index in [0.717, 1.165) is 5.56 Å². The Morgan fingerprint density at radius 1 is 1.06 bits per heavy atom. The summed E-state index contributed by atoms with van der Waals surface area (Å²) in [6, 6.07) is 15.6. The highest BCUT2D eigenvalue weighted by Gasteiger charge is 2.28. The molecule has 1 aromatic heterocycles. The van der Waals surface area contributed by atoms with Crippen molar-refractivity contribution in [2.45, 2.75) is 40.3 Å². The van der Waals surface area contributed by atoms with Gasteiger partial charge in [0.2, 0.25) is 5.89 Å². The predicted molar refractivity (Wildman–Crippen MR) is 120 cm³/mol. The SMILES string of the molecule is CCOc1ccccc1C(=O)N[C@H](C(=O)OCc1nc(-c2ccccc2)oc1C)C(C)C. The van der Waals surface area contributed by atoms with Gasteiger partial charge in [-0.15, -0.1) is 0 Å². The van der Waals surface area contributed by atoms with Gasteiger partial charge in [0.1, 0.15) is 29.9 Å². The first-order valence-electron chi connectivity index (χ1n) is 10.6. The van der Waals surface area contributed by atoms with E-state index in [-0.39, 0.29) is 12.5 Å². The predicted octanol–water partition coefficient (Wildman–Crippen LogP) is 4.55. The Hall–Kier alpha value is -3.61. The lowest BCUT2D eigenvalue weighted by molar-refractivity contribution is -0.148. The number of rotatable bonds is 9. The minimum absolute atomic E-state index is 0.0460. The van der Waals surface area contributed by atoms with Crippen molar-refractivity contribution in [2.75, 3.05) is 6.61 Å². The lowest BCUT2D eigenvalue weighted by Crippen LogP contribution is -2.45. The van der Waals surface area contributed by atoms with Crippen molar-refractivity contribution < 1.29 is 23.5 Å². The van der Waals surface area contributed by atoms with Crippen LogP contribution in [0, 0.1) is 12.8 Å². The van der Waals surface area contributed by atoms with E-state index in [1.165, 1.54) is 0 Å². The van der Waals surface area contributed by atoms with E-state index in [2.05, 4.69) is 10.3 Å². The van der Waals surface area contributed by atoms with E-state index in [9.17, 15) is 9.59 Å². The van der Waals surface area contributed by atoms with Crippen molar-refractivity contribution in [1.82, 2.24) is 10.3 Å². The van der Waals surface area contributed by atoms with Crippen molar-refractivity contribution in [1.29, 1.82) is 0 Å². The zero-order valence-corrected chi connectivity index (χ0v) is 18.8. The number of nitrogens with zero attached hydrogens (tertiary/aromatic N) is 1. The van der Waals surface area contributed by atoms with Crippen LogP contribution < -0.4 is 10.1 Å². The molecule has 0 aliphatic rings. The van der Waals surface area contributed by atoms with Crippen LogP contribution in [0.1, 0.15) is 42.6 Å². The molecule has 1 atom stereocenters. The summed E-state index contributed by atoms with van der Waals surface area (Å²) in [7, 11) is 0. The molecule has 7 nitrogen and oxygen atoms in total. The molecule has 0 aliphatic heterocycles. The summed E-state index contributed by atoms with van der Waals surface area (Å²) in [6.45, 7) is 7.69. The van der Waals surface area contributed by atoms with Crippen molar-refractivity contribution in [3.8, 4) is 17.2 Å². The molecule has 0 radical (unpaired) electrons. The molecule has 3 rings (SSSR count). The molecule has 0 aliphatic carbocycles. The van der Waals surface area contributed by atoms with E-state index in [4.69, 9.17) is 13.9 Å². The number of hydrogen-bond donors (Lipinski definition) is 1. The third kappa shape index (κ3) is 5.55. The first-order chi connectivity index (χ1) is 15.4. The zero-order valence-electron chi connectivity index (χ0n) is 18.8. The van der Waals surface area contributed by atoms with Gasteiger partial charge in [-0.3, -0.25) is 4.79 Å². The van der Waals surface area contributed by atoms with Gasteiger partial charge in [0.15, 0.2) is 0 Å². The summed E-state index contributed by atoms with van der Waals surface area (Å²) in [5, 5.41) is 2.78. The Morgan fingerprint density at radius 2 is 1.75 bits per heavy atom. The first kappa shape index (κ1) is 23.1. The van der Waals surface area contributed by atoms with Crippen LogP contribution in [-0.4, -0.2) is 29.5 Å². The Balaban J connectivity index is 1.67. The molecule has 7 heteroatoms. The number of carbonyl (C=O) groups excluding carboxylic acids is 2. The number of para-hydroxylation sites is 1. The number of benzene rings is 2. The Bertz CT molecular complexity index is 1060. The molecule has 0 saturated carbocycles. The molecule has 0 saturated heterocycles. The maximum Gasteiger partial charge on any atom is 0.329 e. The quantitative estimate of drug-likeness (QED) is 0.495. The molecule has 0 fully saturated rings. The smallest absolute Gasteiger partial charge is 0.329 e. The van der Waals surface area contributed by atoms with Gasteiger partial charge in [0.25, 0.3) is 5.91 Å². The fourth-order valence-corrected chi connectivity index (χ4v) is 3.15. The molecule has 168 valence electrons. The maximum absolute atomic E-state index is 12.8. The van der Waals surface area contributed by atoms with Crippen LogP contribution in [0.3, 0.4) is 0 Å². The lowest BCUT2D eigenvalue weighted by atomic mass is 10.0. The van der Waals surface area contributed by atoms with Crippen LogP contribution in [0.25, 0.3) is 11.5 Å². The van der Waals surface area contributed by atoms with E-state index < -0.39 is 17.9 Å². The summed E-state index contributed by atoms with van der Waals surface area (Å²) >= 11 is 0. The summed E-state index contributed by atoms with van der Waals surface area (Å²) in [4.78, 5) is 30.1. The average molecular weight is 437 g/mol. The van der Waals surface area contributed by atoms with Crippen LogP contribution in [0.2, 0.25) is 0 Å². The number of ether oxygens (including phenoxy) is 2. The monoisotopic (exact) mass is 436 g/mol. The highest BCUT2D eigenvalue weighted by atomic mass is 16.5. The number of amides is 1. The molecule has 1 N–H and O–H groups in total. The van der Waals surface area contributed by atoms with E-state index in [0.29, 0.717) is 35.3 Å². The molecule has 0 bridgehead atoms. The van der Waals surface area contributed by atoms with Crippen LogP contribution in [-0.2, 0) is 16.1 Å². The van der Waals surface area contributed by atoms with Crippen molar-refractivity contribution in [3.05, 3.63) is 71.6 Å². The number of oxazole rings is 1. The molecule has 0 spiro atoms. The van der Waals surface area contributed by atoms with Gasteiger partial charge in [-0.1, -0.05) is 44.2 Å². The molecule has 0 unspecified atom stereocenters. The van der Waals surface area contributed by atoms with Gasteiger partial charge in [0, 0.05) is 5.56 Å². The van der Waals surface area contributed by atoms with Crippen LogP contribution in [0.4, 0.5) is 0 Å². The van der Waals surface area contributed by atoms with Crippen LogP contribution >= 0.6 is 0 Å². The van der Waals surface area contributed by atoms with Crippen LogP contribution in [0.15, 0.2) is 59.0 Å². The Labute approximate surface area is 187 Å².